The van der Waals surface area contributed by atoms with Gasteiger partial charge in [-0.2, -0.15) is 0 Å². The van der Waals surface area contributed by atoms with Gasteiger partial charge in [-0.25, -0.2) is 9.59 Å². The van der Waals surface area contributed by atoms with E-state index in [0.29, 0.717) is 0 Å². The standard InChI is InChI=1S/C15H28O5/c1-13(2,3)8-15(7,14(4,5)6)9-20-10(11(16)17)12(18)19/h10H,8-9H2,1-7H3,(H,16,17)(H,18,19). The molecule has 5 nitrogen and oxygen atoms in total. The normalized spacial score (nSPS) is 16.0. The summed E-state index contributed by atoms with van der Waals surface area (Å²) >= 11 is 0. The molecule has 0 aliphatic carbocycles. The minimum atomic E-state index is -1.81. The van der Waals surface area contributed by atoms with Gasteiger partial charge in [0.05, 0.1) is 6.61 Å². The summed E-state index contributed by atoms with van der Waals surface area (Å²) in [5, 5.41) is 17.7. The van der Waals surface area contributed by atoms with Crippen molar-refractivity contribution in [2.75, 3.05) is 6.61 Å². The molecule has 1 unspecified atom stereocenters. The second-order valence-electron chi connectivity index (χ2n) is 7.92. The minimum absolute atomic E-state index is 0.0351. The predicted octanol–water partition coefficient (Wildman–Crippen LogP) is 3.03. The molecule has 0 spiro atoms. The monoisotopic (exact) mass is 288 g/mol. The molecule has 0 saturated heterocycles. The lowest BCUT2D eigenvalue weighted by Gasteiger charge is -2.45. The minimum Gasteiger partial charge on any atom is -0.479 e. The highest BCUT2D eigenvalue weighted by Gasteiger charge is 2.42. The van der Waals surface area contributed by atoms with Gasteiger partial charge < -0.3 is 14.9 Å². The van der Waals surface area contributed by atoms with Crippen molar-refractivity contribution >= 4 is 11.9 Å². The molecule has 0 aliphatic rings. The second kappa shape index (κ2) is 6.12. The van der Waals surface area contributed by atoms with Gasteiger partial charge in [-0.3, -0.25) is 0 Å². The van der Waals surface area contributed by atoms with E-state index in [2.05, 4.69) is 41.5 Å². The third kappa shape index (κ3) is 5.49. The molecule has 5 heteroatoms. The lowest BCUT2D eigenvalue weighted by atomic mass is 9.62. The van der Waals surface area contributed by atoms with Gasteiger partial charge in [0, 0.05) is 0 Å². The Morgan fingerprint density at radius 3 is 1.60 bits per heavy atom. The second-order valence-corrected chi connectivity index (χ2v) is 7.92. The van der Waals surface area contributed by atoms with Crippen LogP contribution in [0.1, 0.15) is 54.9 Å². The first-order chi connectivity index (χ1) is 8.69. The van der Waals surface area contributed by atoms with Crippen molar-refractivity contribution < 1.29 is 24.5 Å². The summed E-state index contributed by atoms with van der Waals surface area (Å²) in [4.78, 5) is 21.8. The number of rotatable bonds is 6. The molecule has 0 aromatic carbocycles. The van der Waals surface area contributed by atoms with Gasteiger partial charge in [0.15, 0.2) is 0 Å². The van der Waals surface area contributed by atoms with Crippen molar-refractivity contribution in [3.63, 3.8) is 0 Å². The van der Waals surface area contributed by atoms with Gasteiger partial charge in [-0.1, -0.05) is 48.5 Å². The highest BCUT2D eigenvalue weighted by Crippen LogP contribution is 2.46. The molecule has 0 bridgehead atoms. The lowest BCUT2D eigenvalue weighted by Crippen LogP contribution is -2.43. The number of hydrogen-bond acceptors (Lipinski definition) is 3. The Morgan fingerprint density at radius 1 is 0.950 bits per heavy atom. The molecule has 0 aliphatic heterocycles. The molecule has 1 atom stereocenters. The van der Waals surface area contributed by atoms with E-state index in [1.807, 2.05) is 6.92 Å². The van der Waals surface area contributed by atoms with E-state index in [-0.39, 0.29) is 22.9 Å². The molecule has 0 saturated carbocycles. The molecule has 0 radical (unpaired) electrons. The zero-order chi connectivity index (χ0) is 16.4. The van der Waals surface area contributed by atoms with Crippen LogP contribution in [-0.4, -0.2) is 34.9 Å². The zero-order valence-corrected chi connectivity index (χ0v) is 13.6. The van der Waals surface area contributed by atoms with Crippen LogP contribution in [0.25, 0.3) is 0 Å². The average Bonchev–Trinajstić information content (AvgIpc) is 2.11. The number of carboxylic acids is 2. The summed E-state index contributed by atoms with van der Waals surface area (Å²) in [6, 6.07) is 0. The van der Waals surface area contributed by atoms with Crippen LogP contribution in [0.4, 0.5) is 0 Å². The molecule has 0 rings (SSSR count). The Morgan fingerprint density at radius 2 is 1.35 bits per heavy atom. The van der Waals surface area contributed by atoms with E-state index in [0.717, 1.165) is 6.42 Å². The lowest BCUT2D eigenvalue weighted by molar-refractivity contribution is -0.171. The van der Waals surface area contributed by atoms with Crippen LogP contribution >= 0.6 is 0 Å². The molecule has 0 aromatic heterocycles. The topological polar surface area (TPSA) is 83.8 Å². The van der Waals surface area contributed by atoms with Crippen molar-refractivity contribution in [2.45, 2.75) is 61.0 Å². The average molecular weight is 288 g/mol. The number of hydrogen-bond donors (Lipinski definition) is 2. The zero-order valence-electron chi connectivity index (χ0n) is 13.6. The Hall–Kier alpha value is -1.10. The summed E-state index contributed by atoms with van der Waals surface area (Å²) in [5.41, 5.74) is -0.427. The number of aliphatic carboxylic acids is 2. The summed E-state index contributed by atoms with van der Waals surface area (Å²) in [5.74, 6) is -2.94. The number of ether oxygens (including phenoxy) is 1. The molecular weight excluding hydrogens is 260 g/mol. The fraction of sp³-hybridized carbons (Fsp3) is 0.867. The van der Waals surface area contributed by atoms with Crippen molar-refractivity contribution in [3.05, 3.63) is 0 Å². The van der Waals surface area contributed by atoms with Crippen LogP contribution in [0.3, 0.4) is 0 Å². The number of carbonyl (C=O) groups is 2. The maximum Gasteiger partial charge on any atom is 0.344 e. The predicted molar refractivity (Wildman–Crippen MR) is 76.6 cm³/mol. The Kier molecular flexibility index (Phi) is 5.78. The van der Waals surface area contributed by atoms with Gasteiger partial charge in [-0.15, -0.1) is 0 Å². The van der Waals surface area contributed by atoms with E-state index >= 15 is 0 Å². The largest absolute Gasteiger partial charge is 0.479 e. The maximum atomic E-state index is 10.9. The summed E-state index contributed by atoms with van der Waals surface area (Å²) < 4.78 is 5.20. The molecule has 2 N–H and O–H groups in total. The highest BCUT2D eigenvalue weighted by atomic mass is 16.5. The van der Waals surface area contributed by atoms with Crippen LogP contribution in [0.15, 0.2) is 0 Å². The van der Waals surface area contributed by atoms with Crippen molar-refractivity contribution in [1.29, 1.82) is 0 Å². The van der Waals surface area contributed by atoms with Crippen LogP contribution in [-0.2, 0) is 14.3 Å². The van der Waals surface area contributed by atoms with E-state index < -0.39 is 18.0 Å². The third-order valence-corrected chi connectivity index (χ3v) is 3.75. The molecular formula is C15H28O5. The quantitative estimate of drug-likeness (QED) is 0.734. The smallest absolute Gasteiger partial charge is 0.344 e. The number of carboxylic acid groups (broad SMARTS) is 2. The fourth-order valence-electron chi connectivity index (χ4n) is 2.22. The Labute approximate surface area is 121 Å². The molecule has 118 valence electrons. The summed E-state index contributed by atoms with van der Waals surface area (Å²) in [6.07, 6.45) is -1.01. The van der Waals surface area contributed by atoms with Crippen molar-refractivity contribution in [2.24, 2.45) is 16.2 Å². The van der Waals surface area contributed by atoms with Crippen LogP contribution < -0.4 is 0 Å². The summed E-state index contributed by atoms with van der Waals surface area (Å²) in [6.45, 7) is 14.6. The van der Waals surface area contributed by atoms with Gasteiger partial charge >= 0.3 is 11.9 Å². The first kappa shape index (κ1) is 18.9. The first-order valence-corrected chi connectivity index (χ1v) is 6.77. The maximum absolute atomic E-state index is 10.9. The van der Waals surface area contributed by atoms with E-state index in [9.17, 15) is 9.59 Å². The molecule has 20 heavy (non-hydrogen) atoms. The molecule has 0 aromatic rings. The van der Waals surface area contributed by atoms with Gasteiger partial charge in [-0.05, 0) is 22.7 Å². The fourth-order valence-corrected chi connectivity index (χ4v) is 2.22. The third-order valence-electron chi connectivity index (χ3n) is 3.75. The van der Waals surface area contributed by atoms with E-state index in [1.54, 1.807) is 0 Å². The van der Waals surface area contributed by atoms with E-state index in [4.69, 9.17) is 14.9 Å². The van der Waals surface area contributed by atoms with Crippen LogP contribution in [0.5, 0.6) is 0 Å². The van der Waals surface area contributed by atoms with Crippen molar-refractivity contribution in [1.82, 2.24) is 0 Å². The highest BCUT2D eigenvalue weighted by molar-refractivity contribution is 5.95. The van der Waals surface area contributed by atoms with Crippen LogP contribution in [0.2, 0.25) is 0 Å². The molecule has 0 amide bonds. The SMILES string of the molecule is CC(C)(C)CC(C)(COC(C(=O)O)C(=O)O)C(C)(C)C. The molecule has 0 fully saturated rings. The van der Waals surface area contributed by atoms with Gasteiger partial charge in [0.2, 0.25) is 0 Å². The Bertz CT molecular complexity index is 347. The van der Waals surface area contributed by atoms with Crippen LogP contribution in [0, 0.1) is 16.2 Å². The Balaban J connectivity index is 5.11. The van der Waals surface area contributed by atoms with Crippen molar-refractivity contribution in [3.8, 4) is 0 Å². The summed E-state index contributed by atoms with van der Waals surface area (Å²) in [7, 11) is 0. The van der Waals surface area contributed by atoms with Gasteiger partial charge in [0.1, 0.15) is 0 Å². The van der Waals surface area contributed by atoms with E-state index in [1.165, 1.54) is 0 Å². The molecule has 0 heterocycles. The first-order valence-electron chi connectivity index (χ1n) is 6.77. The van der Waals surface area contributed by atoms with Gasteiger partial charge in [0.25, 0.3) is 6.10 Å².